The molecule has 1 amide bonds. The molecular formula is C15H12N2O5S. The zero-order chi connectivity index (χ0) is 16.6. The van der Waals surface area contributed by atoms with E-state index < -0.39 is 16.0 Å². The minimum atomic E-state index is -3.88. The summed E-state index contributed by atoms with van der Waals surface area (Å²) >= 11 is 0. The molecule has 1 heterocycles. The highest BCUT2D eigenvalue weighted by atomic mass is 32.2. The summed E-state index contributed by atoms with van der Waals surface area (Å²) < 4.78 is 27.1. The fourth-order valence-electron chi connectivity index (χ4n) is 2.30. The van der Waals surface area contributed by atoms with Crippen LogP contribution in [0.5, 0.6) is 0 Å². The van der Waals surface area contributed by atoms with Crippen LogP contribution in [0.25, 0.3) is 0 Å². The molecule has 8 heteroatoms. The van der Waals surface area contributed by atoms with Crippen molar-refractivity contribution in [1.82, 2.24) is 0 Å². The van der Waals surface area contributed by atoms with E-state index in [9.17, 15) is 18.0 Å². The van der Waals surface area contributed by atoms with Gasteiger partial charge >= 0.3 is 5.97 Å². The smallest absolute Gasteiger partial charge is 0.335 e. The molecule has 7 nitrogen and oxygen atoms in total. The van der Waals surface area contributed by atoms with Gasteiger partial charge in [0.15, 0.2) is 0 Å². The van der Waals surface area contributed by atoms with Gasteiger partial charge in [-0.1, -0.05) is 6.07 Å². The Balaban J connectivity index is 1.91. The average Bonchev–Trinajstić information content (AvgIpc) is 2.86. The second kappa shape index (κ2) is 5.40. The van der Waals surface area contributed by atoms with Gasteiger partial charge in [-0.05, 0) is 42.0 Å². The number of carboxylic acids is 1. The van der Waals surface area contributed by atoms with Gasteiger partial charge in [0.2, 0.25) is 5.91 Å². The number of amides is 1. The fourth-order valence-corrected chi connectivity index (χ4v) is 3.40. The van der Waals surface area contributed by atoms with Gasteiger partial charge in [0.25, 0.3) is 10.0 Å². The standard InChI is InChI=1S/C15H12N2O5S/c18-14-8-10-7-12(4-5-13(10)16-14)23(21,22)17-11-3-1-2-9(6-11)15(19)20/h1-7,17H,8H2,(H,16,18)(H,19,20). The Morgan fingerprint density at radius 2 is 1.96 bits per heavy atom. The Kier molecular flexibility index (Phi) is 3.53. The second-order valence-corrected chi connectivity index (χ2v) is 6.72. The maximum Gasteiger partial charge on any atom is 0.335 e. The molecule has 0 aromatic heterocycles. The number of fused-ring (bicyclic) bond motifs is 1. The number of carbonyl (C=O) groups excluding carboxylic acids is 1. The predicted octanol–water partition coefficient (Wildman–Crippen LogP) is 1.68. The minimum absolute atomic E-state index is 0.00785. The molecule has 1 aliphatic heterocycles. The van der Waals surface area contributed by atoms with Crippen molar-refractivity contribution >= 4 is 33.3 Å². The van der Waals surface area contributed by atoms with Gasteiger partial charge in [-0.25, -0.2) is 13.2 Å². The Bertz CT molecular complexity index is 921. The lowest BCUT2D eigenvalue weighted by Crippen LogP contribution is -2.13. The maximum atomic E-state index is 12.4. The van der Waals surface area contributed by atoms with Crippen LogP contribution in [0.1, 0.15) is 15.9 Å². The molecule has 0 atom stereocenters. The maximum absolute atomic E-state index is 12.4. The first-order chi connectivity index (χ1) is 10.8. The molecule has 0 bridgehead atoms. The molecule has 0 saturated heterocycles. The molecule has 0 fully saturated rings. The van der Waals surface area contributed by atoms with Crippen LogP contribution >= 0.6 is 0 Å². The van der Waals surface area contributed by atoms with Crippen LogP contribution in [0.3, 0.4) is 0 Å². The van der Waals surface area contributed by atoms with Crippen molar-refractivity contribution in [3.05, 3.63) is 53.6 Å². The molecule has 2 aromatic carbocycles. The van der Waals surface area contributed by atoms with E-state index in [2.05, 4.69) is 10.0 Å². The van der Waals surface area contributed by atoms with Gasteiger partial charge < -0.3 is 10.4 Å². The molecule has 23 heavy (non-hydrogen) atoms. The number of anilines is 2. The third-order valence-electron chi connectivity index (χ3n) is 3.37. The number of carboxylic acid groups (broad SMARTS) is 1. The number of sulfonamides is 1. The molecule has 3 N–H and O–H groups in total. The second-order valence-electron chi connectivity index (χ2n) is 5.04. The number of hydrogen-bond donors (Lipinski definition) is 3. The van der Waals surface area contributed by atoms with E-state index in [1.165, 1.54) is 42.5 Å². The van der Waals surface area contributed by atoms with E-state index in [1.807, 2.05) is 0 Å². The minimum Gasteiger partial charge on any atom is -0.478 e. The SMILES string of the molecule is O=C1Cc2cc(S(=O)(=O)Nc3cccc(C(=O)O)c3)ccc2N1. The van der Waals surface area contributed by atoms with Crippen LogP contribution in [0, 0.1) is 0 Å². The van der Waals surface area contributed by atoms with Gasteiger partial charge in [-0.15, -0.1) is 0 Å². The zero-order valence-electron chi connectivity index (χ0n) is 11.7. The average molecular weight is 332 g/mol. The van der Waals surface area contributed by atoms with E-state index in [0.29, 0.717) is 11.3 Å². The van der Waals surface area contributed by atoms with E-state index in [4.69, 9.17) is 5.11 Å². The van der Waals surface area contributed by atoms with Gasteiger partial charge in [-0.3, -0.25) is 9.52 Å². The summed E-state index contributed by atoms with van der Waals surface area (Å²) in [6.45, 7) is 0. The number of rotatable bonds is 4. The Morgan fingerprint density at radius 3 is 2.70 bits per heavy atom. The number of hydrogen-bond acceptors (Lipinski definition) is 4. The van der Waals surface area contributed by atoms with Crippen molar-refractivity contribution in [2.45, 2.75) is 11.3 Å². The lowest BCUT2D eigenvalue weighted by molar-refractivity contribution is -0.115. The van der Waals surface area contributed by atoms with E-state index in [0.717, 1.165) is 0 Å². The highest BCUT2D eigenvalue weighted by Crippen LogP contribution is 2.26. The van der Waals surface area contributed by atoms with Crippen molar-refractivity contribution in [1.29, 1.82) is 0 Å². The monoisotopic (exact) mass is 332 g/mol. The quantitative estimate of drug-likeness (QED) is 0.788. The Labute approximate surface area is 132 Å². The summed E-state index contributed by atoms with van der Waals surface area (Å²) in [5.74, 6) is -1.33. The third-order valence-corrected chi connectivity index (χ3v) is 4.75. The van der Waals surface area contributed by atoms with Gasteiger partial charge in [-0.2, -0.15) is 0 Å². The summed E-state index contributed by atoms with van der Waals surface area (Å²) in [5, 5.41) is 11.6. The molecule has 0 radical (unpaired) electrons. The molecule has 3 rings (SSSR count). The molecule has 2 aromatic rings. The largest absolute Gasteiger partial charge is 0.478 e. The number of carbonyl (C=O) groups is 2. The number of nitrogens with one attached hydrogen (secondary N) is 2. The zero-order valence-corrected chi connectivity index (χ0v) is 12.6. The van der Waals surface area contributed by atoms with Crippen LogP contribution in [0.4, 0.5) is 11.4 Å². The van der Waals surface area contributed by atoms with Crippen LogP contribution < -0.4 is 10.0 Å². The molecule has 118 valence electrons. The first kappa shape index (κ1) is 15.0. The Hall–Kier alpha value is -2.87. The van der Waals surface area contributed by atoms with Crippen LogP contribution in [-0.4, -0.2) is 25.4 Å². The molecule has 0 aliphatic carbocycles. The predicted molar refractivity (Wildman–Crippen MR) is 83.0 cm³/mol. The lowest BCUT2D eigenvalue weighted by Gasteiger charge is -2.09. The van der Waals surface area contributed by atoms with Gasteiger partial charge in [0, 0.05) is 11.4 Å². The summed E-state index contributed by atoms with van der Waals surface area (Å²) in [7, 11) is -3.88. The number of aromatic carboxylic acids is 1. The summed E-state index contributed by atoms with van der Waals surface area (Å²) in [5.41, 5.74) is 1.34. The van der Waals surface area contributed by atoms with E-state index in [1.54, 1.807) is 0 Å². The number of benzene rings is 2. The summed E-state index contributed by atoms with van der Waals surface area (Å²) in [4.78, 5) is 22.3. The van der Waals surface area contributed by atoms with Crippen molar-refractivity contribution < 1.29 is 23.1 Å². The topological polar surface area (TPSA) is 113 Å². The third kappa shape index (κ3) is 3.02. The first-order valence-corrected chi connectivity index (χ1v) is 8.12. The molecule has 1 aliphatic rings. The van der Waals surface area contributed by atoms with Crippen LogP contribution in [-0.2, 0) is 21.2 Å². The van der Waals surface area contributed by atoms with Crippen LogP contribution in [0.15, 0.2) is 47.4 Å². The van der Waals surface area contributed by atoms with Crippen molar-refractivity contribution in [3.63, 3.8) is 0 Å². The molecule has 0 saturated carbocycles. The van der Waals surface area contributed by atoms with Crippen molar-refractivity contribution in [2.75, 3.05) is 10.0 Å². The molecule has 0 spiro atoms. The molecular weight excluding hydrogens is 320 g/mol. The van der Waals surface area contributed by atoms with Crippen molar-refractivity contribution in [3.8, 4) is 0 Å². The normalized spacial score (nSPS) is 13.3. The Morgan fingerprint density at radius 1 is 1.17 bits per heavy atom. The lowest BCUT2D eigenvalue weighted by atomic mass is 10.2. The van der Waals surface area contributed by atoms with Gasteiger partial charge in [0.1, 0.15) is 0 Å². The van der Waals surface area contributed by atoms with Gasteiger partial charge in [0.05, 0.1) is 16.9 Å². The summed E-state index contributed by atoms with van der Waals surface area (Å²) in [6.07, 6.45) is 0.132. The highest BCUT2D eigenvalue weighted by Gasteiger charge is 2.22. The fraction of sp³-hybridized carbons (Fsp3) is 0.0667. The van der Waals surface area contributed by atoms with Crippen molar-refractivity contribution in [2.24, 2.45) is 0 Å². The van der Waals surface area contributed by atoms with E-state index >= 15 is 0 Å². The molecule has 0 unspecified atom stereocenters. The highest BCUT2D eigenvalue weighted by molar-refractivity contribution is 7.92. The van der Waals surface area contributed by atoms with E-state index in [-0.39, 0.29) is 28.5 Å². The summed E-state index contributed by atoms with van der Waals surface area (Å²) in [6, 6.07) is 9.85. The van der Waals surface area contributed by atoms with Crippen LogP contribution in [0.2, 0.25) is 0 Å². The first-order valence-electron chi connectivity index (χ1n) is 6.64.